The fourth-order valence-corrected chi connectivity index (χ4v) is 4.74. The van der Waals surface area contributed by atoms with Crippen molar-refractivity contribution in [2.24, 2.45) is 0 Å². The number of hydrogen-bond donors (Lipinski definition) is 3. The van der Waals surface area contributed by atoms with E-state index in [0.717, 1.165) is 28.8 Å². The van der Waals surface area contributed by atoms with Crippen LogP contribution in [-0.2, 0) is 13.0 Å². The molecule has 0 amide bonds. The Bertz CT molecular complexity index is 1450. The molecule has 3 heterocycles. The van der Waals surface area contributed by atoms with Gasteiger partial charge in [0.2, 0.25) is 5.95 Å². The molecule has 0 saturated heterocycles. The first kappa shape index (κ1) is 22.5. The first-order chi connectivity index (χ1) is 16.4. The monoisotopic (exact) mass is 497 g/mol. The van der Waals surface area contributed by atoms with Crippen LogP contribution in [0.15, 0.2) is 47.4 Å². The summed E-state index contributed by atoms with van der Waals surface area (Å²) in [5.41, 5.74) is 9.20. The minimum atomic E-state index is -0.655. The Morgan fingerprint density at radius 3 is 2.68 bits per heavy atom. The van der Waals surface area contributed by atoms with Crippen LogP contribution in [0.3, 0.4) is 0 Å². The first-order valence-electron chi connectivity index (χ1n) is 10.6. The lowest BCUT2D eigenvalue weighted by Gasteiger charge is -2.33. The van der Waals surface area contributed by atoms with E-state index in [2.05, 4.69) is 25.2 Å². The highest BCUT2D eigenvalue weighted by Crippen LogP contribution is 2.31. The molecule has 2 aromatic carbocycles. The van der Waals surface area contributed by atoms with Gasteiger partial charge in [-0.25, -0.2) is 14.3 Å². The lowest BCUT2D eigenvalue weighted by Crippen LogP contribution is -2.39. The Labute approximate surface area is 204 Å². The highest BCUT2D eigenvalue weighted by atomic mass is 35.5. The fourth-order valence-electron chi connectivity index (χ4n) is 4.17. The Morgan fingerprint density at radius 2 is 1.94 bits per heavy atom. The van der Waals surface area contributed by atoms with Crippen molar-refractivity contribution >= 4 is 51.7 Å². The number of halogens is 2. The molecule has 1 aliphatic heterocycles. The summed E-state index contributed by atoms with van der Waals surface area (Å²) in [4.78, 5) is 27.8. The number of anilines is 3. The van der Waals surface area contributed by atoms with Crippen LogP contribution in [0.25, 0.3) is 16.7 Å². The van der Waals surface area contributed by atoms with Crippen molar-refractivity contribution in [1.29, 1.82) is 0 Å². The highest BCUT2D eigenvalue weighted by molar-refractivity contribution is 6.37. The molecule has 1 atom stereocenters. The number of fused-ring (bicyclic) bond motifs is 2. The maximum absolute atomic E-state index is 12.8. The van der Waals surface area contributed by atoms with Crippen molar-refractivity contribution in [2.45, 2.75) is 19.0 Å². The summed E-state index contributed by atoms with van der Waals surface area (Å²) >= 11 is 12.5. The molecule has 34 heavy (non-hydrogen) atoms. The second-order valence-corrected chi connectivity index (χ2v) is 8.99. The van der Waals surface area contributed by atoms with Gasteiger partial charge in [0.15, 0.2) is 5.65 Å². The lowest BCUT2D eigenvalue weighted by molar-refractivity contribution is 0.131. The number of nitrogens with zero attached hydrogens (tertiary/aromatic N) is 5. The molecule has 0 radical (unpaired) electrons. The maximum Gasteiger partial charge on any atom is 0.355 e. The van der Waals surface area contributed by atoms with Crippen LogP contribution >= 0.6 is 23.2 Å². The Kier molecular flexibility index (Phi) is 5.86. The number of benzene rings is 2. The van der Waals surface area contributed by atoms with Crippen LogP contribution in [0.5, 0.6) is 0 Å². The molecule has 2 aromatic heterocycles. The number of para-hydroxylation sites is 1. The highest BCUT2D eigenvalue weighted by Gasteiger charge is 2.23. The topological polar surface area (TPSA) is 122 Å². The smallest absolute Gasteiger partial charge is 0.355 e. The number of rotatable bonds is 4. The zero-order chi connectivity index (χ0) is 24.0. The van der Waals surface area contributed by atoms with Crippen molar-refractivity contribution < 1.29 is 5.11 Å². The van der Waals surface area contributed by atoms with Crippen molar-refractivity contribution in [3.8, 4) is 5.69 Å². The van der Waals surface area contributed by atoms with Gasteiger partial charge in [0.1, 0.15) is 5.82 Å². The number of aliphatic hydroxyl groups is 1. The second-order valence-electron chi connectivity index (χ2n) is 8.18. The van der Waals surface area contributed by atoms with Gasteiger partial charge >= 0.3 is 5.69 Å². The average Bonchev–Trinajstić information content (AvgIpc) is 2.80. The fraction of sp³-hybridized carbons (Fsp3) is 0.217. The van der Waals surface area contributed by atoms with Crippen LogP contribution in [0, 0.1) is 0 Å². The molecule has 0 spiro atoms. The summed E-state index contributed by atoms with van der Waals surface area (Å²) in [6.45, 7) is 0.879. The van der Waals surface area contributed by atoms with Gasteiger partial charge in [0, 0.05) is 24.5 Å². The van der Waals surface area contributed by atoms with Gasteiger partial charge in [-0.15, -0.1) is 0 Å². The van der Waals surface area contributed by atoms with Gasteiger partial charge in [-0.05, 0) is 48.9 Å². The van der Waals surface area contributed by atoms with Crippen LogP contribution in [0.1, 0.15) is 11.1 Å². The van der Waals surface area contributed by atoms with Crippen molar-refractivity contribution in [1.82, 2.24) is 24.4 Å². The lowest BCUT2D eigenvalue weighted by atomic mass is 9.94. The average molecular weight is 498 g/mol. The molecule has 9 nitrogen and oxygen atoms in total. The number of hydrogen-bond acceptors (Lipinski definition) is 8. The molecular weight excluding hydrogens is 477 g/mol. The maximum atomic E-state index is 12.8. The zero-order valence-electron chi connectivity index (χ0n) is 18.2. The van der Waals surface area contributed by atoms with E-state index < -0.39 is 5.69 Å². The van der Waals surface area contributed by atoms with E-state index in [1.807, 2.05) is 25.2 Å². The summed E-state index contributed by atoms with van der Waals surface area (Å²) in [6.07, 6.45) is 2.25. The van der Waals surface area contributed by atoms with Gasteiger partial charge in [-0.3, -0.25) is 4.90 Å². The molecule has 5 rings (SSSR count). The largest absolute Gasteiger partial charge is 0.395 e. The summed E-state index contributed by atoms with van der Waals surface area (Å²) < 4.78 is 1.15. The van der Waals surface area contributed by atoms with Crippen LogP contribution in [0.4, 0.5) is 17.5 Å². The van der Waals surface area contributed by atoms with E-state index in [0.29, 0.717) is 5.39 Å². The standard InChI is InChI=1S/C23H21Cl2N7O2/c1-31-10-12-5-6-14(7-13(12)8-15(31)11-33)28-22-27-9-16-20(26)32(23(34)30-21(16)29-22)19-17(24)3-2-4-18(19)25/h2-7,9,15,33H,8,10-11,26H2,1H3,(H,28,29,30,34). The number of aliphatic hydroxyl groups excluding tert-OH is 1. The van der Waals surface area contributed by atoms with E-state index >= 15 is 0 Å². The molecule has 11 heteroatoms. The molecule has 0 saturated carbocycles. The van der Waals surface area contributed by atoms with Gasteiger partial charge in [-0.2, -0.15) is 9.97 Å². The summed E-state index contributed by atoms with van der Waals surface area (Å²) in [5, 5.41) is 13.7. The SMILES string of the molecule is CN1Cc2ccc(Nc3ncc4c(N)n(-c5c(Cl)cccc5Cl)c(=O)nc4n3)cc2CC1CO. The number of likely N-dealkylation sites (N-methyl/N-ethyl adjacent to an activating group) is 1. The molecular formula is C23H21Cl2N7O2. The number of nitrogen functional groups attached to an aromatic ring is 1. The molecule has 4 aromatic rings. The summed E-state index contributed by atoms with van der Waals surface area (Å²) in [7, 11) is 2.01. The van der Waals surface area contributed by atoms with E-state index in [-0.39, 0.29) is 45.8 Å². The quantitative estimate of drug-likeness (QED) is 0.392. The molecule has 1 aliphatic rings. The molecule has 0 aliphatic carbocycles. The van der Waals surface area contributed by atoms with E-state index in [9.17, 15) is 9.90 Å². The summed E-state index contributed by atoms with van der Waals surface area (Å²) in [6, 6.07) is 11.0. The minimum Gasteiger partial charge on any atom is -0.395 e. The van der Waals surface area contributed by atoms with Crippen molar-refractivity contribution in [3.05, 3.63) is 74.3 Å². The second kappa shape index (κ2) is 8.84. The van der Waals surface area contributed by atoms with Crippen LogP contribution in [-0.4, -0.2) is 49.2 Å². The number of aromatic nitrogens is 4. The van der Waals surface area contributed by atoms with Crippen molar-refractivity contribution in [2.75, 3.05) is 24.7 Å². The summed E-state index contributed by atoms with van der Waals surface area (Å²) in [5.74, 6) is 0.364. The van der Waals surface area contributed by atoms with Crippen LogP contribution in [0.2, 0.25) is 10.0 Å². The molecule has 0 fully saturated rings. The van der Waals surface area contributed by atoms with Crippen molar-refractivity contribution in [3.63, 3.8) is 0 Å². The Morgan fingerprint density at radius 1 is 1.18 bits per heavy atom. The van der Waals surface area contributed by atoms with E-state index in [4.69, 9.17) is 28.9 Å². The van der Waals surface area contributed by atoms with E-state index in [1.54, 1.807) is 18.2 Å². The third-order valence-electron chi connectivity index (χ3n) is 6.01. The normalized spacial score (nSPS) is 15.9. The third kappa shape index (κ3) is 3.97. The molecule has 0 bridgehead atoms. The first-order valence-corrected chi connectivity index (χ1v) is 11.3. The Hall–Kier alpha value is -3.24. The zero-order valence-corrected chi connectivity index (χ0v) is 19.7. The Balaban J connectivity index is 1.50. The van der Waals surface area contributed by atoms with Gasteiger partial charge in [0.05, 0.1) is 27.7 Å². The molecule has 174 valence electrons. The third-order valence-corrected chi connectivity index (χ3v) is 6.62. The molecule has 4 N–H and O–H groups in total. The predicted octanol–water partition coefficient (Wildman–Crippen LogP) is 3.16. The van der Waals surface area contributed by atoms with Gasteiger partial charge < -0.3 is 16.2 Å². The number of nitrogens with one attached hydrogen (secondary N) is 1. The van der Waals surface area contributed by atoms with Crippen LogP contribution < -0.4 is 16.7 Å². The van der Waals surface area contributed by atoms with Gasteiger partial charge in [0.25, 0.3) is 0 Å². The number of nitrogens with two attached hydrogens (primary N) is 1. The van der Waals surface area contributed by atoms with E-state index in [1.165, 1.54) is 11.8 Å². The molecule has 1 unspecified atom stereocenters. The predicted molar refractivity (Wildman–Crippen MR) is 133 cm³/mol. The minimum absolute atomic E-state index is 0.0839. The van der Waals surface area contributed by atoms with Gasteiger partial charge in [-0.1, -0.05) is 35.3 Å².